The van der Waals surface area contributed by atoms with Crippen LogP contribution in [0, 0.1) is 17.0 Å². The lowest BCUT2D eigenvalue weighted by Gasteiger charge is -2.28. The van der Waals surface area contributed by atoms with E-state index in [9.17, 15) is 19.7 Å². The Morgan fingerprint density at radius 3 is 2.35 bits per heavy atom. The van der Waals surface area contributed by atoms with Crippen LogP contribution in [0.4, 0.5) is 5.69 Å². The molecule has 0 N–H and O–H groups in total. The van der Waals surface area contributed by atoms with Crippen LogP contribution in [0.5, 0.6) is 0 Å². The van der Waals surface area contributed by atoms with E-state index in [4.69, 9.17) is 0 Å². The average molecular weight is 463 g/mol. The molecule has 0 spiro atoms. The fourth-order valence-electron chi connectivity index (χ4n) is 3.80. The second-order valence-electron chi connectivity index (χ2n) is 8.33. The Hall–Kier alpha value is -3.94. The summed E-state index contributed by atoms with van der Waals surface area (Å²) in [6.07, 6.45) is 2.58. The molecule has 0 atom stereocenters. The van der Waals surface area contributed by atoms with Crippen molar-refractivity contribution in [2.75, 3.05) is 13.1 Å². The lowest BCUT2D eigenvalue weighted by atomic mass is 10.1. The second-order valence-corrected chi connectivity index (χ2v) is 8.33. The number of hydrogen-bond acceptors (Lipinski definition) is 4. The average Bonchev–Trinajstić information content (AvgIpc) is 3.23. The lowest BCUT2D eigenvalue weighted by Crippen LogP contribution is -2.43. The van der Waals surface area contributed by atoms with Crippen molar-refractivity contribution in [2.45, 2.75) is 33.4 Å². The predicted molar refractivity (Wildman–Crippen MR) is 130 cm³/mol. The molecule has 0 aliphatic heterocycles. The van der Waals surface area contributed by atoms with Crippen molar-refractivity contribution in [3.05, 3.63) is 99.4 Å². The summed E-state index contributed by atoms with van der Waals surface area (Å²) < 4.78 is 1.96. The van der Waals surface area contributed by atoms with Gasteiger partial charge in [-0.2, -0.15) is 0 Å². The number of hydrogen-bond donors (Lipinski definition) is 0. The fourth-order valence-corrected chi connectivity index (χ4v) is 3.80. The van der Waals surface area contributed by atoms with Gasteiger partial charge in [0.2, 0.25) is 5.91 Å². The van der Waals surface area contributed by atoms with Crippen LogP contribution in [0.15, 0.2) is 66.9 Å². The second kappa shape index (κ2) is 11.3. The van der Waals surface area contributed by atoms with E-state index in [1.807, 2.05) is 67.2 Å². The maximum atomic E-state index is 13.4. The first-order valence-electron chi connectivity index (χ1n) is 11.3. The molecule has 0 saturated carbocycles. The van der Waals surface area contributed by atoms with E-state index in [1.54, 1.807) is 24.0 Å². The normalized spacial score (nSPS) is 10.7. The highest BCUT2D eigenvalue weighted by molar-refractivity contribution is 5.97. The molecule has 0 fully saturated rings. The van der Waals surface area contributed by atoms with Crippen molar-refractivity contribution < 1.29 is 14.5 Å². The van der Waals surface area contributed by atoms with Crippen molar-refractivity contribution in [3.63, 3.8) is 0 Å². The Labute approximate surface area is 199 Å². The minimum atomic E-state index is -0.497. The van der Waals surface area contributed by atoms with E-state index in [0.717, 1.165) is 11.3 Å². The standard InChI is InChI=1S/C26H30N4O4/c1-4-14-28(26(32)22-13-12-20(2)24(16-22)30(33)34)19-25(31)29(17-21-9-6-5-7-10-21)18-23-11-8-15-27(23)3/h5-13,15-16H,4,14,17-19H2,1-3H3. The molecule has 8 heteroatoms. The van der Waals surface area contributed by atoms with Gasteiger partial charge in [0.05, 0.1) is 11.5 Å². The summed E-state index contributed by atoms with van der Waals surface area (Å²) in [7, 11) is 1.93. The molecule has 0 radical (unpaired) electrons. The number of nitrogens with zero attached hydrogens (tertiary/aromatic N) is 4. The third-order valence-corrected chi connectivity index (χ3v) is 5.73. The molecule has 178 valence electrons. The molecule has 3 rings (SSSR count). The van der Waals surface area contributed by atoms with Crippen LogP contribution >= 0.6 is 0 Å². The molecular weight excluding hydrogens is 432 g/mol. The molecular formula is C26H30N4O4. The minimum absolute atomic E-state index is 0.106. The van der Waals surface area contributed by atoms with Crippen molar-refractivity contribution in [1.82, 2.24) is 14.4 Å². The van der Waals surface area contributed by atoms with E-state index in [2.05, 4.69) is 0 Å². The Bertz CT molecular complexity index is 1160. The van der Waals surface area contributed by atoms with Gasteiger partial charge in [-0.1, -0.05) is 43.3 Å². The van der Waals surface area contributed by atoms with Crippen LogP contribution in [-0.2, 0) is 24.9 Å². The van der Waals surface area contributed by atoms with Crippen LogP contribution in [-0.4, -0.2) is 44.2 Å². The van der Waals surface area contributed by atoms with Crippen LogP contribution in [0.3, 0.4) is 0 Å². The molecule has 0 saturated heterocycles. The molecule has 3 aromatic rings. The number of nitro groups is 1. The van der Waals surface area contributed by atoms with Crippen molar-refractivity contribution in [2.24, 2.45) is 7.05 Å². The summed E-state index contributed by atoms with van der Waals surface area (Å²) in [5.74, 6) is -0.578. The summed E-state index contributed by atoms with van der Waals surface area (Å²) >= 11 is 0. The summed E-state index contributed by atoms with van der Waals surface area (Å²) in [6, 6.07) is 18.0. The first-order valence-corrected chi connectivity index (χ1v) is 11.3. The van der Waals surface area contributed by atoms with Crippen molar-refractivity contribution >= 4 is 17.5 Å². The van der Waals surface area contributed by atoms with E-state index in [-0.39, 0.29) is 23.7 Å². The smallest absolute Gasteiger partial charge is 0.273 e. The molecule has 2 amide bonds. The Balaban J connectivity index is 1.84. The molecule has 0 bridgehead atoms. The first kappa shape index (κ1) is 24.7. The molecule has 0 aliphatic carbocycles. The number of rotatable bonds is 10. The van der Waals surface area contributed by atoms with Gasteiger partial charge in [0, 0.05) is 49.2 Å². The van der Waals surface area contributed by atoms with Crippen LogP contribution < -0.4 is 0 Å². The number of carbonyl (C=O) groups is 2. The summed E-state index contributed by atoms with van der Waals surface area (Å²) in [5.41, 5.74) is 2.55. The predicted octanol–water partition coefficient (Wildman–Crippen LogP) is 4.32. The summed E-state index contributed by atoms with van der Waals surface area (Å²) in [6.45, 7) is 4.64. The van der Waals surface area contributed by atoms with Crippen LogP contribution in [0.2, 0.25) is 0 Å². The first-order chi connectivity index (χ1) is 16.3. The fraction of sp³-hybridized carbons (Fsp3) is 0.308. The molecule has 1 aromatic heterocycles. The largest absolute Gasteiger partial charge is 0.353 e. The Kier molecular flexibility index (Phi) is 8.19. The Morgan fingerprint density at radius 1 is 1.00 bits per heavy atom. The highest BCUT2D eigenvalue weighted by atomic mass is 16.6. The number of carbonyl (C=O) groups excluding carboxylic acids is 2. The van der Waals surface area contributed by atoms with Gasteiger partial charge in [0.25, 0.3) is 11.6 Å². The molecule has 0 aliphatic rings. The van der Waals surface area contributed by atoms with Gasteiger partial charge in [0.15, 0.2) is 0 Å². The zero-order chi connectivity index (χ0) is 24.7. The van der Waals surface area contributed by atoms with Gasteiger partial charge in [-0.3, -0.25) is 19.7 Å². The molecule has 34 heavy (non-hydrogen) atoms. The van der Waals surface area contributed by atoms with Gasteiger partial charge in [-0.15, -0.1) is 0 Å². The summed E-state index contributed by atoms with van der Waals surface area (Å²) in [4.78, 5) is 40.7. The number of nitro benzene ring substituents is 1. The topological polar surface area (TPSA) is 88.7 Å². The number of amides is 2. The molecule has 0 unspecified atom stereocenters. The SMILES string of the molecule is CCCN(CC(=O)N(Cc1ccccc1)Cc1cccn1C)C(=O)c1ccc(C)c([N+](=O)[O-])c1. The zero-order valence-electron chi connectivity index (χ0n) is 19.8. The van der Waals surface area contributed by atoms with E-state index < -0.39 is 10.8 Å². The molecule has 8 nitrogen and oxygen atoms in total. The van der Waals surface area contributed by atoms with Crippen LogP contribution in [0.1, 0.15) is 40.5 Å². The third-order valence-electron chi connectivity index (χ3n) is 5.73. The highest BCUT2D eigenvalue weighted by Gasteiger charge is 2.24. The molecule has 2 aromatic carbocycles. The number of benzene rings is 2. The number of aromatic nitrogens is 1. The van der Waals surface area contributed by atoms with E-state index >= 15 is 0 Å². The van der Waals surface area contributed by atoms with Gasteiger partial charge in [-0.25, -0.2) is 0 Å². The van der Waals surface area contributed by atoms with Gasteiger partial charge < -0.3 is 14.4 Å². The maximum absolute atomic E-state index is 13.4. The van der Waals surface area contributed by atoms with E-state index in [0.29, 0.717) is 31.6 Å². The van der Waals surface area contributed by atoms with Crippen molar-refractivity contribution in [3.8, 4) is 0 Å². The highest BCUT2D eigenvalue weighted by Crippen LogP contribution is 2.21. The van der Waals surface area contributed by atoms with Gasteiger partial charge >= 0.3 is 0 Å². The van der Waals surface area contributed by atoms with E-state index in [1.165, 1.54) is 11.0 Å². The lowest BCUT2D eigenvalue weighted by molar-refractivity contribution is -0.385. The van der Waals surface area contributed by atoms with Gasteiger partial charge in [-0.05, 0) is 37.1 Å². The van der Waals surface area contributed by atoms with Crippen molar-refractivity contribution in [1.29, 1.82) is 0 Å². The third kappa shape index (κ3) is 6.10. The molecule has 1 heterocycles. The quantitative estimate of drug-likeness (QED) is 0.331. The monoisotopic (exact) mass is 462 g/mol. The van der Waals surface area contributed by atoms with Crippen LogP contribution in [0.25, 0.3) is 0 Å². The Morgan fingerprint density at radius 2 is 1.74 bits per heavy atom. The zero-order valence-corrected chi connectivity index (χ0v) is 19.8. The summed E-state index contributed by atoms with van der Waals surface area (Å²) in [5, 5.41) is 11.3. The minimum Gasteiger partial charge on any atom is -0.353 e. The number of aryl methyl sites for hydroxylation is 2. The maximum Gasteiger partial charge on any atom is 0.273 e. The van der Waals surface area contributed by atoms with Gasteiger partial charge in [0.1, 0.15) is 6.54 Å².